The molecule has 0 atom stereocenters. The molecule has 2 N–H and O–H groups in total. The molecule has 0 aliphatic heterocycles. The highest BCUT2D eigenvalue weighted by Gasteiger charge is 2.36. The van der Waals surface area contributed by atoms with Crippen LogP contribution in [-0.4, -0.2) is 22.7 Å². The number of alkyl halides is 3. The van der Waals surface area contributed by atoms with Crippen molar-refractivity contribution in [3.8, 4) is 17.2 Å². The minimum atomic E-state index is -4.73. The Morgan fingerprint density at radius 3 is 2.59 bits per heavy atom. The van der Waals surface area contributed by atoms with Crippen LogP contribution in [0.15, 0.2) is 41.0 Å². The molecule has 3 rings (SSSR count). The molecule has 32 heavy (non-hydrogen) atoms. The van der Waals surface area contributed by atoms with Gasteiger partial charge >= 0.3 is 12.1 Å². The van der Waals surface area contributed by atoms with Crippen LogP contribution in [0.1, 0.15) is 43.7 Å². The van der Waals surface area contributed by atoms with E-state index < -0.39 is 30.1 Å². The summed E-state index contributed by atoms with van der Waals surface area (Å²) in [5.74, 6) is -1.67. The van der Waals surface area contributed by atoms with Crippen molar-refractivity contribution in [1.82, 2.24) is 4.98 Å². The highest BCUT2D eigenvalue weighted by atomic mass is 79.9. The lowest BCUT2D eigenvalue weighted by Gasteiger charge is -2.17. The molecule has 0 saturated carbocycles. The van der Waals surface area contributed by atoms with Crippen molar-refractivity contribution in [2.75, 3.05) is 6.61 Å². The van der Waals surface area contributed by atoms with E-state index in [2.05, 4.69) is 27.8 Å². The van der Waals surface area contributed by atoms with E-state index in [1.807, 2.05) is 6.20 Å². The van der Waals surface area contributed by atoms with Gasteiger partial charge in [0.05, 0.1) is 4.47 Å². The largest absolute Gasteiger partial charge is 0.482 e. The fourth-order valence-corrected chi connectivity index (χ4v) is 3.92. The van der Waals surface area contributed by atoms with Crippen LogP contribution >= 0.6 is 15.9 Å². The van der Waals surface area contributed by atoms with Gasteiger partial charge in [-0.3, -0.25) is 0 Å². The van der Waals surface area contributed by atoms with Gasteiger partial charge < -0.3 is 19.6 Å². The molecule has 0 amide bonds. The maximum atomic E-state index is 13.7. The summed E-state index contributed by atoms with van der Waals surface area (Å²) < 4.78 is 51.7. The first-order valence-electron chi connectivity index (χ1n) is 10.2. The molecule has 9 heteroatoms. The molecular weight excluding hydrogens is 491 g/mol. The van der Waals surface area contributed by atoms with Crippen LogP contribution < -0.4 is 9.47 Å². The van der Waals surface area contributed by atoms with Crippen molar-refractivity contribution in [3.05, 3.63) is 52.1 Å². The molecule has 5 nitrogen and oxygen atoms in total. The van der Waals surface area contributed by atoms with Gasteiger partial charge in [0.1, 0.15) is 17.1 Å². The molecule has 0 unspecified atom stereocenters. The summed E-state index contributed by atoms with van der Waals surface area (Å²) in [6, 6.07) is 7.08. The maximum Gasteiger partial charge on any atom is 0.420 e. The second-order valence-corrected chi connectivity index (χ2v) is 8.25. The topological polar surface area (TPSA) is 71.5 Å². The van der Waals surface area contributed by atoms with Gasteiger partial charge in [-0.05, 0) is 64.7 Å². The Morgan fingerprint density at radius 1 is 1.12 bits per heavy atom. The lowest BCUT2D eigenvalue weighted by molar-refractivity contribution is -0.139. The Balaban J connectivity index is 1.90. The Hall–Kier alpha value is -2.68. The molecule has 2 aromatic carbocycles. The van der Waals surface area contributed by atoms with Gasteiger partial charge in [0.25, 0.3) is 0 Å². The number of hydrogen-bond acceptors (Lipinski definition) is 3. The molecule has 0 fully saturated rings. The standard InChI is InChI=1S/C23H23BrF3NO4/c1-2-3-4-5-6-14-12-28-20-8-7-15(9-17(14)20)32-22-18(23(25,26)27)10-16(11-19(22)24)31-13-21(29)30/h7-12,28H,2-6,13H2,1H3,(H,29,30). The number of aromatic amines is 1. The van der Waals surface area contributed by atoms with Gasteiger partial charge in [0.15, 0.2) is 12.4 Å². The van der Waals surface area contributed by atoms with E-state index in [0.29, 0.717) is 0 Å². The van der Waals surface area contributed by atoms with Gasteiger partial charge in [-0.2, -0.15) is 13.2 Å². The monoisotopic (exact) mass is 513 g/mol. The molecule has 0 bridgehead atoms. The van der Waals surface area contributed by atoms with E-state index in [1.165, 1.54) is 6.07 Å². The molecule has 0 aliphatic carbocycles. The summed E-state index contributed by atoms with van der Waals surface area (Å²) in [6.07, 6.45) is 2.52. The second-order valence-electron chi connectivity index (χ2n) is 7.40. The summed E-state index contributed by atoms with van der Waals surface area (Å²) in [5, 5.41) is 9.62. The number of halogens is 4. The lowest BCUT2D eigenvalue weighted by atomic mass is 10.1. The molecular formula is C23H23BrF3NO4. The average molecular weight is 514 g/mol. The number of hydrogen-bond donors (Lipinski definition) is 2. The zero-order valence-corrected chi connectivity index (χ0v) is 19.0. The summed E-state index contributed by atoms with van der Waals surface area (Å²) in [5.41, 5.74) is 0.908. The number of aromatic nitrogens is 1. The number of fused-ring (bicyclic) bond motifs is 1. The Kier molecular flexibility index (Phi) is 7.71. The highest BCUT2D eigenvalue weighted by Crippen LogP contribution is 2.45. The summed E-state index contributed by atoms with van der Waals surface area (Å²) in [4.78, 5) is 13.9. The number of H-pyrrole nitrogens is 1. The number of carbonyl (C=O) groups is 1. The van der Waals surface area contributed by atoms with Gasteiger partial charge in [-0.25, -0.2) is 4.79 Å². The van der Waals surface area contributed by atoms with Crippen LogP contribution in [0.4, 0.5) is 13.2 Å². The first kappa shape index (κ1) is 24.0. The molecule has 0 radical (unpaired) electrons. The first-order valence-corrected chi connectivity index (χ1v) is 11.0. The van der Waals surface area contributed by atoms with Crippen molar-refractivity contribution >= 4 is 32.8 Å². The number of benzene rings is 2. The van der Waals surface area contributed by atoms with Crippen LogP contribution in [0.2, 0.25) is 0 Å². The number of rotatable bonds is 10. The SMILES string of the molecule is CCCCCCc1c[nH]c2ccc(Oc3c(Br)cc(OCC(=O)O)cc3C(F)(F)F)cc12. The predicted molar refractivity (Wildman–Crippen MR) is 118 cm³/mol. The predicted octanol–water partition coefficient (Wildman–Crippen LogP) is 7.33. The van der Waals surface area contributed by atoms with Crippen LogP contribution in [-0.2, 0) is 17.4 Å². The molecule has 1 heterocycles. The maximum absolute atomic E-state index is 13.7. The average Bonchev–Trinajstić information content (AvgIpc) is 3.12. The van der Waals surface area contributed by atoms with Gasteiger partial charge in [0.2, 0.25) is 0 Å². The lowest BCUT2D eigenvalue weighted by Crippen LogP contribution is -2.12. The Bertz CT molecular complexity index is 1090. The molecule has 0 saturated heterocycles. The van der Waals surface area contributed by atoms with Crippen molar-refractivity contribution in [2.24, 2.45) is 0 Å². The Labute approximate surface area is 191 Å². The van der Waals surface area contributed by atoms with E-state index in [9.17, 15) is 18.0 Å². The van der Waals surface area contributed by atoms with Gasteiger partial charge in [-0.1, -0.05) is 26.2 Å². The smallest absolute Gasteiger partial charge is 0.420 e. The summed E-state index contributed by atoms with van der Waals surface area (Å²) in [6.45, 7) is 1.39. The van der Waals surface area contributed by atoms with Crippen molar-refractivity contribution < 1.29 is 32.5 Å². The quantitative estimate of drug-likeness (QED) is 0.278. The van der Waals surface area contributed by atoms with E-state index in [0.717, 1.165) is 54.6 Å². The number of carboxylic acids is 1. The van der Waals surface area contributed by atoms with Crippen molar-refractivity contribution in [2.45, 2.75) is 45.2 Å². The molecule has 3 aromatic rings. The van der Waals surface area contributed by atoms with Crippen molar-refractivity contribution in [3.63, 3.8) is 0 Å². The van der Waals surface area contributed by atoms with Gasteiger partial charge in [-0.15, -0.1) is 0 Å². The van der Waals surface area contributed by atoms with E-state index in [4.69, 9.17) is 14.6 Å². The van der Waals surface area contributed by atoms with Crippen LogP contribution in [0, 0.1) is 0 Å². The van der Waals surface area contributed by atoms with E-state index in [1.54, 1.807) is 18.2 Å². The number of carboxylic acid groups (broad SMARTS) is 1. The second kappa shape index (κ2) is 10.3. The normalized spacial score (nSPS) is 11.7. The third-order valence-electron chi connectivity index (χ3n) is 4.94. The number of ether oxygens (including phenoxy) is 2. The fourth-order valence-electron chi connectivity index (χ4n) is 3.40. The van der Waals surface area contributed by atoms with Crippen LogP contribution in [0.3, 0.4) is 0 Å². The zero-order valence-electron chi connectivity index (χ0n) is 17.4. The third kappa shape index (κ3) is 5.97. The Morgan fingerprint density at radius 2 is 1.91 bits per heavy atom. The van der Waals surface area contributed by atoms with Crippen LogP contribution in [0.5, 0.6) is 17.2 Å². The minimum absolute atomic E-state index is 0.00154. The third-order valence-corrected chi connectivity index (χ3v) is 5.53. The summed E-state index contributed by atoms with van der Waals surface area (Å²) >= 11 is 3.10. The van der Waals surface area contributed by atoms with Gasteiger partial charge in [0, 0.05) is 17.1 Å². The van der Waals surface area contributed by atoms with Crippen molar-refractivity contribution in [1.29, 1.82) is 0 Å². The molecule has 1 aromatic heterocycles. The minimum Gasteiger partial charge on any atom is -0.482 e. The summed E-state index contributed by atoms with van der Waals surface area (Å²) in [7, 11) is 0. The first-order chi connectivity index (χ1) is 15.2. The molecule has 0 aliphatic rings. The highest BCUT2D eigenvalue weighted by molar-refractivity contribution is 9.10. The zero-order chi connectivity index (χ0) is 23.3. The van der Waals surface area contributed by atoms with E-state index in [-0.39, 0.29) is 16.0 Å². The number of aryl methyl sites for hydroxylation is 1. The number of unbranched alkanes of at least 4 members (excludes halogenated alkanes) is 3. The number of aliphatic carboxylic acids is 1. The molecule has 172 valence electrons. The number of nitrogens with one attached hydrogen (secondary N) is 1. The van der Waals surface area contributed by atoms with E-state index >= 15 is 0 Å². The fraction of sp³-hybridized carbons (Fsp3) is 0.348. The molecule has 0 spiro atoms. The van der Waals surface area contributed by atoms with Crippen LogP contribution in [0.25, 0.3) is 10.9 Å².